The van der Waals surface area contributed by atoms with Gasteiger partial charge in [0.1, 0.15) is 11.5 Å². The summed E-state index contributed by atoms with van der Waals surface area (Å²) in [6, 6.07) is 3.91. The molecule has 1 rings (SSSR count). The minimum absolute atomic E-state index is 0.105. The van der Waals surface area contributed by atoms with E-state index in [1.807, 2.05) is 0 Å². The van der Waals surface area contributed by atoms with E-state index >= 15 is 0 Å². The number of alkyl halides is 1. The molecule has 0 aliphatic heterocycles. The maximum absolute atomic E-state index is 13.7. The van der Waals surface area contributed by atoms with Gasteiger partial charge in [0, 0.05) is 5.56 Å². The molecule has 1 atom stereocenters. The molecule has 90 valence electrons. The van der Waals surface area contributed by atoms with Gasteiger partial charge in [0.2, 0.25) is 0 Å². The summed E-state index contributed by atoms with van der Waals surface area (Å²) in [5.41, 5.74) is 4.19. The normalized spacial score (nSPS) is 13.9. The smallest absolute Gasteiger partial charge is 0.130 e. The predicted molar refractivity (Wildman–Crippen MR) is 59.2 cm³/mol. The summed E-state index contributed by atoms with van der Waals surface area (Å²) < 4.78 is 27.1. The van der Waals surface area contributed by atoms with Crippen molar-refractivity contribution in [3.8, 4) is 0 Å². The summed E-state index contributed by atoms with van der Waals surface area (Å²) in [6.45, 7) is 3.03. The fraction of sp³-hybridized carbons (Fsp3) is 0.500. The van der Waals surface area contributed by atoms with Crippen LogP contribution >= 0.6 is 0 Å². The van der Waals surface area contributed by atoms with Crippen molar-refractivity contribution in [1.82, 2.24) is 0 Å². The molecule has 0 aliphatic carbocycles. The van der Waals surface area contributed by atoms with Gasteiger partial charge in [-0.25, -0.2) is 8.78 Å². The summed E-state index contributed by atoms with van der Waals surface area (Å²) in [5, 5.41) is 9.65. The van der Waals surface area contributed by atoms with Crippen LogP contribution in [0.3, 0.4) is 0 Å². The molecule has 0 fully saturated rings. The van der Waals surface area contributed by atoms with Gasteiger partial charge in [-0.15, -0.1) is 0 Å². The number of hydrogen-bond donors (Lipinski definition) is 2. The Morgan fingerprint density at radius 2 is 2.06 bits per heavy atom. The fourth-order valence-electron chi connectivity index (χ4n) is 1.48. The Bertz CT molecular complexity index is 361. The largest absolute Gasteiger partial charge is 0.388 e. The number of rotatable bonds is 4. The molecular weight excluding hydrogens is 212 g/mol. The van der Waals surface area contributed by atoms with Gasteiger partial charge in [-0.3, -0.25) is 0 Å². The molecule has 1 unspecified atom stereocenters. The highest BCUT2D eigenvalue weighted by molar-refractivity contribution is 5.30. The summed E-state index contributed by atoms with van der Waals surface area (Å²) in [5.74, 6) is -0.533. The van der Waals surface area contributed by atoms with E-state index < -0.39 is 17.6 Å². The Morgan fingerprint density at radius 1 is 1.44 bits per heavy atom. The molecule has 3 N–H and O–H groups in total. The maximum atomic E-state index is 13.7. The molecule has 0 aromatic heterocycles. The van der Waals surface area contributed by atoms with Gasteiger partial charge in [0.05, 0.1) is 6.10 Å². The van der Waals surface area contributed by atoms with Crippen LogP contribution in [-0.4, -0.2) is 11.7 Å². The molecule has 1 aromatic carbocycles. The van der Waals surface area contributed by atoms with Crippen molar-refractivity contribution in [2.24, 2.45) is 5.73 Å². The molecule has 0 heterocycles. The van der Waals surface area contributed by atoms with Crippen LogP contribution in [-0.2, 0) is 5.67 Å². The highest BCUT2D eigenvalue weighted by Gasteiger charge is 2.22. The summed E-state index contributed by atoms with van der Waals surface area (Å²) in [4.78, 5) is 0. The SMILES string of the molecule is CC(C)(F)c1ccc(F)c(C(O)CCN)c1. The second-order valence-corrected chi connectivity index (χ2v) is 4.30. The van der Waals surface area contributed by atoms with E-state index in [-0.39, 0.29) is 18.5 Å². The van der Waals surface area contributed by atoms with Crippen molar-refractivity contribution in [3.63, 3.8) is 0 Å². The second-order valence-electron chi connectivity index (χ2n) is 4.30. The zero-order chi connectivity index (χ0) is 12.3. The molecule has 0 radical (unpaired) electrons. The molecule has 0 saturated carbocycles. The summed E-state index contributed by atoms with van der Waals surface area (Å²) in [7, 11) is 0. The van der Waals surface area contributed by atoms with Crippen LogP contribution in [0.4, 0.5) is 8.78 Å². The zero-order valence-electron chi connectivity index (χ0n) is 9.50. The Morgan fingerprint density at radius 3 is 2.56 bits per heavy atom. The number of halogens is 2. The van der Waals surface area contributed by atoms with Crippen LogP contribution in [0.1, 0.15) is 37.5 Å². The third-order valence-corrected chi connectivity index (χ3v) is 2.48. The van der Waals surface area contributed by atoms with Gasteiger partial charge in [0.15, 0.2) is 0 Å². The molecule has 0 amide bonds. The topological polar surface area (TPSA) is 46.2 Å². The minimum Gasteiger partial charge on any atom is -0.388 e. The standard InChI is InChI=1S/C12H17F2NO/c1-12(2,14)8-3-4-10(13)9(7-8)11(16)5-6-15/h3-4,7,11,16H,5-6,15H2,1-2H3. The van der Waals surface area contributed by atoms with Crippen molar-refractivity contribution >= 4 is 0 Å². The monoisotopic (exact) mass is 229 g/mol. The van der Waals surface area contributed by atoms with E-state index in [9.17, 15) is 13.9 Å². The van der Waals surface area contributed by atoms with Crippen molar-refractivity contribution in [3.05, 3.63) is 35.1 Å². The molecule has 0 bridgehead atoms. The number of hydrogen-bond acceptors (Lipinski definition) is 2. The average Bonchev–Trinajstić information content (AvgIpc) is 2.16. The summed E-state index contributed by atoms with van der Waals surface area (Å²) in [6.07, 6.45) is -0.722. The lowest BCUT2D eigenvalue weighted by molar-refractivity contribution is 0.164. The lowest BCUT2D eigenvalue weighted by Gasteiger charge is -2.18. The minimum atomic E-state index is -1.55. The molecule has 16 heavy (non-hydrogen) atoms. The first-order chi connectivity index (χ1) is 7.36. The van der Waals surface area contributed by atoms with Crippen molar-refractivity contribution in [2.75, 3.05) is 6.54 Å². The molecule has 0 saturated heterocycles. The van der Waals surface area contributed by atoms with Gasteiger partial charge < -0.3 is 10.8 Å². The highest BCUT2D eigenvalue weighted by Crippen LogP contribution is 2.29. The number of aliphatic hydroxyl groups is 1. The Kier molecular flexibility index (Phi) is 3.99. The van der Waals surface area contributed by atoms with E-state index in [4.69, 9.17) is 5.73 Å². The Labute approximate surface area is 94.1 Å². The van der Waals surface area contributed by atoms with Gasteiger partial charge >= 0.3 is 0 Å². The first-order valence-electron chi connectivity index (χ1n) is 5.23. The van der Waals surface area contributed by atoms with Crippen LogP contribution in [0.25, 0.3) is 0 Å². The first kappa shape index (κ1) is 13.1. The predicted octanol–water partition coefficient (Wildman–Crippen LogP) is 2.41. The molecule has 0 aliphatic rings. The third kappa shape index (κ3) is 3.00. The van der Waals surface area contributed by atoms with Gasteiger partial charge in [-0.2, -0.15) is 0 Å². The highest BCUT2D eigenvalue weighted by atomic mass is 19.1. The number of aliphatic hydroxyl groups excluding tert-OH is 1. The lowest BCUT2D eigenvalue weighted by Crippen LogP contribution is -2.13. The van der Waals surface area contributed by atoms with E-state index in [0.29, 0.717) is 5.56 Å². The van der Waals surface area contributed by atoms with E-state index in [1.54, 1.807) is 0 Å². The van der Waals surface area contributed by atoms with Gasteiger partial charge in [-0.1, -0.05) is 6.07 Å². The zero-order valence-corrected chi connectivity index (χ0v) is 9.50. The third-order valence-electron chi connectivity index (χ3n) is 2.48. The molecule has 1 aromatic rings. The van der Waals surface area contributed by atoms with E-state index in [1.165, 1.54) is 32.0 Å². The molecule has 0 spiro atoms. The van der Waals surface area contributed by atoms with Crippen molar-refractivity contribution in [2.45, 2.75) is 32.0 Å². The Balaban J connectivity index is 3.09. The van der Waals surface area contributed by atoms with Gasteiger partial charge in [0.25, 0.3) is 0 Å². The number of nitrogens with two attached hydrogens (primary N) is 1. The molecule has 2 nitrogen and oxygen atoms in total. The van der Waals surface area contributed by atoms with Crippen molar-refractivity contribution < 1.29 is 13.9 Å². The Hall–Kier alpha value is -1.00. The number of benzene rings is 1. The average molecular weight is 229 g/mol. The van der Waals surface area contributed by atoms with Crippen molar-refractivity contribution in [1.29, 1.82) is 0 Å². The molecule has 4 heteroatoms. The fourth-order valence-corrected chi connectivity index (χ4v) is 1.48. The van der Waals surface area contributed by atoms with Crippen LogP contribution in [0.5, 0.6) is 0 Å². The van der Waals surface area contributed by atoms with E-state index in [2.05, 4.69) is 0 Å². The maximum Gasteiger partial charge on any atom is 0.130 e. The van der Waals surface area contributed by atoms with Crippen LogP contribution in [0, 0.1) is 5.82 Å². The lowest BCUT2D eigenvalue weighted by atomic mass is 9.95. The van der Waals surface area contributed by atoms with Crippen LogP contribution in [0.15, 0.2) is 18.2 Å². The summed E-state index contributed by atoms with van der Waals surface area (Å²) >= 11 is 0. The molecular formula is C12H17F2NO. The first-order valence-corrected chi connectivity index (χ1v) is 5.23. The quantitative estimate of drug-likeness (QED) is 0.832. The van der Waals surface area contributed by atoms with E-state index in [0.717, 1.165) is 0 Å². The van der Waals surface area contributed by atoms with Gasteiger partial charge in [-0.05, 0) is 44.5 Å². The van der Waals surface area contributed by atoms with Crippen LogP contribution < -0.4 is 5.73 Å². The second kappa shape index (κ2) is 4.89. The van der Waals surface area contributed by atoms with Crippen LogP contribution in [0.2, 0.25) is 0 Å².